The molecule has 2 rings (SSSR count). The molecule has 0 unspecified atom stereocenters. The first kappa shape index (κ1) is 7.55. The molecule has 0 atom stereocenters. The summed E-state index contributed by atoms with van der Waals surface area (Å²) in [6.45, 7) is 0.513. The Kier molecular flexibility index (Phi) is 1.96. The number of nitrogens with zero attached hydrogens (tertiary/aromatic N) is 1. The van der Waals surface area contributed by atoms with Crippen molar-refractivity contribution in [1.29, 1.82) is 5.41 Å². The minimum Gasteiger partial charge on any atom is -0.296 e. The third kappa shape index (κ3) is 1.41. The maximum absolute atomic E-state index is 7.51. The van der Waals surface area contributed by atoms with Gasteiger partial charge in [-0.05, 0) is 6.07 Å². The second-order valence-corrected chi connectivity index (χ2v) is 3.67. The zero-order chi connectivity index (χ0) is 8.39. The minimum absolute atomic E-state index is 0.513. The van der Waals surface area contributed by atoms with Crippen LogP contribution in [-0.2, 0) is 0 Å². The molecule has 0 saturated carbocycles. The van der Waals surface area contributed by atoms with E-state index in [4.69, 9.17) is 5.41 Å². The molecule has 0 spiro atoms. The van der Waals surface area contributed by atoms with Crippen LogP contribution in [-0.4, -0.2) is 17.8 Å². The largest absolute Gasteiger partial charge is 0.296 e. The highest BCUT2D eigenvalue weighted by Gasteiger charge is 2.06. The van der Waals surface area contributed by atoms with Crippen LogP contribution in [0.3, 0.4) is 0 Å². The van der Waals surface area contributed by atoms with Gasteiger partial charge in [0.2, 0.25) is 0 Å². The van der Waals surface area contributed by atoms with Crippen LogP contribution in [0.2, 0.25) is 0 Å². The van der Waals surface area contributed by atoms with Gasteiger partial charge in [-0.25, -0.2) is 0 Å². The average Bonchev–Trinajstić information content (AvgIpc) is 2.25. The monoisotopic (exact) mass is 176 g/mol. The normalized spacial score (nSPS) is 15.5. The summed E-state index contributed by atoms with van der Waals surface area (Å²) in [5.74, 6) is 0. The highest BCUT2D eigenvalue weighted by molar-refractivity contribution is 8.14. The van der Waals surface area contributed by atoms with Crippen LogP contribution in [0.1, 0.15) is 5.56 Å². The van der Waals surface area contributed by atoms with Gasteiger partial charge in [0.25, 0.3) is 0 Å². The van der Waals surface area contributed by atoms with Gasteiger partial charge in [0.1, 0.15) is 0 Å². The second kappa shape index (κ2) is 3.11. The van der Waals surface area contributed by atoms with E-state index in [2.05, 4.69) is 4.99 Å². The first-order chi connectivity index (χ1) is 5.86. The molecule has 1 aromatic rings. The van der Waals surface area contributed by atoms with Crippen LogP contribution in [0, 0.1) is 5.41 Å². The van der Waals surface area contributed by atoms with Crippen LogP contribution in [0.25, 0.3) is 0 Å². The summed E-state index contributed by atoms with van der Waals surface area (Å²) in [5.41, 5.74) is 1.12. The predicted octanol–water partition coefficient (Wildman–Crippen LogP) is 2.19. The average molecular weight is 176 g/mol. The number of hydrogen-bond acceptors (Lipinski definition) is 3. The molecular formula is C9H8N2S. The Balaban J connectivity index is 2.48. The second-order valence-electron chi connectivity index (χ2n) is 2.53. The predicted molar refractivity (Wildman–Crippen MR) is 52.5 cm³/mol. The van der Waals surface area contributed by atoms with E-state index in [9.17, 15) is 0 Å². The maximum Gasteiger partial charge on any atom is 0.0904 e. The van der Waals surface area contributed by atoms with Crippen molar-refractivity contribution in [2.24, 2.45) is 4.99 Å². The van der Waals surface area contributed by atoms with Crippen LogP contribution in [0.15, 0.2) is 34.2 Å². The lowest BCUT2D eigenvalue weighted by molar-refractivity contribution is 1.30. The zero-order valence-electron chi connectivity index (χ0n) is 6.45. The number of thioether (sulfide) groups is 1. The summed E-state index contributed by atoms with van der Waals surface area (Å²) in [4.78, 5) is 5.25. The number of fused-ring (bicyclic) bond motifs is 1. The Morgan fingerprint density at radius 1 is 1.33 bits per heavy atom. The summed E-state index contributed by atoms with van der Waals surface area (Å²) in [7, 11) is 0. The number of nitrogens with one attached hydrogen (secondary N) is 1. The summed E-state index contributed by atoms with van der Waals surface area (Å²) in [5, 5.41) is 8.12. The maximum atomic E-state index is 7.51. The fourth-order valence-electron chi connectivity index (χ4n) is 1.07. The molecule has 0 radical (unpaired) electrons. The molecule has 0 saturated heterocycles. The number of benzene rings is 1. The lowest BCUT2D eigenvalue weighted by Crippen LogP contribution is -1.91. The summed E-state index contributed by atoms with van der Waals surface area (Å²) >= 11 is 1.49. The van der Waals surface area contributed by atoms with Crippen molar-refractivity contribution in [1.82, 2.24) is 0 Å². The Morgan fingerprint density at radius 2 is 2.17 bits per heavy atom. The van der Waals surface area contributed by atoms with Gasteiger partial charge in [0.15, 0.2) is 0 Å². The third-order valence-electron chi connectivity index (χ3n) is 1.62. The smallest absolute Gasteiger partial charge is 0.0904 e. The molecule has 2 nitrogen and oxygen atoms in total. The molecule has 1 heterocycles. The van der Waals surface area contributed by atoms with Crippen LogP contribution in [0.4, 0.5) is 0 Å². The molecule has 12 heavy (non-hydrogen) atoms. The van der Waals surface area contributed by atoms with Crippen molar-refractivity contribution in [3.05, 3.63) is 29.8 Å². The Bertz CT molecular complexity index is 344. The topological polar surface area (TPSA) is 36.2 Å². The molecule has 0 fully saturated rings. The van der Waals surface area contributed by atoms with Crippen molar-refractivity contribution in [3.63, 3.8) is 0 Å². The summed E-state index contributed by atoms with van der Waals surface area (Å²) < 4.78 is 0. The molecule has 0 bridgehead atoms. The van der Waals surface area contributed by atoms with Crippen LogP contribution >= 0.6 is 11.8 Å². The third-order valence-corrected chi connectivity index (χ3v) is 2.58. The van der Waals surface area contributed by atoms with Gasteiger partial charge in [-0.3, -0.25) is 10.4 Å². The molecule has 1 aromatic carbocycles. The minimum atomic E-state index is 0.513. The van der Waals surface area contributed by atoms with Crippen LogP contribution < -0.4 is 0 Å². The fraction of sp³-hybridized carbons (Fsp3) is 0.111. The van der Waals surface area contributed by atoms with E-state index in [0.717, 1.165) is 10.5 Å². The van der Waals surface area contributed by atoms with Crippen molar-refractivity contribution in [3.8, 4) is 0 Å². The Labute approximate surface area is 75.2 Å². The molecule has 0 aromatic heterocycles. The van der Waals surface area contributed by atoms with E-state index in [0.29, 0.717) is 11.6 Å². The van der Waals surface area contributed by atoms with Crippen molar-refractivity contribution >= 4 is 23.0 Å². The van der Waals surface area contributed by atoms with E-state index in [-0.39, 0.29) is 0 Å². The molecule has 1 N–H and O–H groups in total. The van der Waals surface area contributed by atoms with Gasteiger partial charge in [0.05, 0.1) is 11.6 Å². The first-order valence-electron chi connectivity index (χ1n) is 3.70. The SMILES string of the molecule is N=C1CN=Cc2ccccc2S1. The summed E-state index contributed by atoms with van der Waals surface area (Å²) in [6, 6.07) is 8.01. The Morgan fingerprint density at radius 3 is 3.08 bits per heavy atom. The lowest BCUT2D eigenvalue weighted by atomic mass is 10.2. The molecular weight excluding hydrogens is 168 g/mol. The van der Waals surface area contributed by atoms with E-state index in [1.165, 1.54) is 11.8 Å². The quantitative estimate of drug-likeness (QED) is 0.646. The van der Waals surface area contributed by atoms with E-state index in [1.54, 1.807) is 0 Å². The first-order valence-corrected chi connectivity index (χ1v) is 4.52. The van der Waals surface area contributed by atoms with Gasteiger partial charge in [-0.1, -0.05) is 30.0 Å². The summed E-state index contributed by atoms with van der Waals surface area (Å²) in [6.07, 6.45) is 1.84. The van der Waals surface area contributed by atoms with E-state index in [1.807, 2.05) is 30.5 Å². The Hall–Kier alpha value is -1.09. The molecule has 60 valence electrons. The van der Waals surface area contributed by atoms with Crippen LogP contribution in [0.5, 0.6) is 0 Å². The van der Waals surface area contributed by atoms with Crippen molar-refractivity contribution in [2.45, 2.75) is 4.90 Å². The van der Waals surface area contributed by atoms with Gasteiger partial charge in [-0.2, -0.15) is 0 Å². The van der Waals surface area contributed by atoms with Crippen molar-refractivity contribution < 1.29 is 0 Å². The van der Waals surface area contributed by atoms with Gasteiger partial charge < -0.3 is 0 Å². The van der Waals surface area contributed by atoms with E-state index >= 15 is 0 Å². The zero-order valence-corrected chi connectivity index (χ0v) is 7.27. The molecule has 1 aliphatic heterocycles. The molecule has 0 amide bonds. The fourth-order valence-corrected chi connectivity index (χ4v) is 1.86. The number of rotatable bonds is 0. The highest BCUT2D eigenvalue weighted by atomic mass is 32.2. The van der Waals surface area contributed by atoms with Gasteiger partial charge in [-0.15, -0.1) is 0 Å². The standard InChI is InChI=1S/C9H8N2S/c10-9-6-11-5-7-3-1-2-4-8(7)12-9/h1-5,10H,6H2. The van der Waals surface area contributed by atoms with Crippen molar-refractivity contribution in [2.75, 3.05) is 6.54 Å². The number of hydrogen-bond donors (Lipinski definition) is 1. The molecule has 1 aliphatic rings. The lowest BCUT2D eigenvalue weighted by Gasteiger charge is -1.99. The highest BCUT2D eigenvalue weighted by Crippen LogP contribution is 2.24. The van der Waals surface area contributed by atoms with Gasteiger partial charge >= 0.3 is 0 Å². The molecule has 3 heteroatoms. The number of aliphatic imine (C=N–C) groups is 1. The molecule has 0 aliphatic carbocycles. The van der Waals surface area contributed by atoms with Gasteiger partial charge in [0, 0.05) is 16.7 Å². The van der Waals surface area contributed by atoms with E-state index < -0.39 is 0 Å².